The molecule has 3 N–H and O–H groups in total. The van der Waals surface area contributed by atoms with E-state index in [1.165, 1.54) is 6.20 Å². The van der Waals surface area contributed by atoms with Crippen molar-refractivity contribution in [3.8, 4) is 0 Å². The van der Waals surface area contributed by atoms with Crippen LogP contribution in [-0.2, 0) is 16.0 Å². The molecule has 0 saturated carbocycles. The van der Waals surface area contributed by atoms with Crippen LogP contribution in [-0.4, -0.2) is 70.9 Å². The predicted molar refractivity (Wildman–Crippen MR) is 138 cm³/mol. The molecule has 2 aromatic rings. The maximum Gasteiger partial charge on any atom is 0.313 e. The number of aromatic nitrogens is 2. The van der Waals surface area contributed by atoms with E-state index in [2.05, 4.69) is 47.1 Å². The van der Waals surface area contributed by atoms with Gasteiger partial charge in [0.05, 0.1) is 17.9 Å². The highest BCUT2D eigenvalue weighted by Crippen LogP contribution is 2.34. The van der Waals surface area contributed by atoms with Crippen LogP contribution in [0, 0.1) is 5.92 Å². The van der Waals surface area contributed by atoms with Gasteiger partial charge in [-0.05, 0) is 62.4 Å². The number of piperazine rings is 1. The molecule has 35 heavy (non-hydrogen) atoms. The largest absolute Gasteiger partial charge is 0.383 e. The molecule has 4 rings (SSSR count). The average Bonchev–Trinajstić information content (AvgIpc) is 2.86. The van der Waals surface area contributed by atoms with Crippen molar-refractivity contribution in [2.75, 3.05) is 49.2 Å². The van der Waals surface area contributed by atoms with Gasteiger partial charge in [-0.3, -0.25) is 9.59 Å². The number of amides is 2. The Hall–Kier alpha value is -3.20. The zero-order valence-electron chi connectivity index (χ0n) is 21.2. The number of likely N-dealkylation sites (tertiary alicyclic amines) is 1. The number of nitrogens with zero attached hydrogens (tertiary/aromatic N) is 5. The van der Waals surface area contributed by atoms with E-state index >= 15 is 0 Å². The third-order valence-electron chi connectivity index (χ3n) is 7.35. The molecule has 2 aliphatic heterocycles. The Labute approximate surface area is 207 Å². The molecular weight excluding hydrogens is 442 g/mol. The fraction of sp³-hybridized carbons (Fsp3) is 0.538. The lowest BCUT2D eigenvalue weighted by Gasteiger charge is -2.39. The first-order chi connectivity index (χ1) is 16.8. The van der Waals surface area contributed by atoms with Crippen LogP contribution in [0.15, 0.2) is 30.6 Å². The first-order valence-electron chi connectivity index (χ1n) is 12.5. The Balaban J connectivity index is 1.48. The molecule has 2 fully saturated rings. The van der Waals surface area contributed by atoms with Crippen LogP contribution in [0.5, 0.6) is 0 Å². The second-order valence-corrected chi connectivity index (χ2v) is 9.96. The lowest BCUT2D eigenvalue weighted by atomic mass is 9.90. The second kappa shape index (κ2) is 10.6. The number of nitrogens with one attached hydrogen (secondary N) is 1. The summed E-state index contributed by atoms with van der Waals surface area (Å²) in [7, 11) is 2.15. The number of carbonyl (C=O) groups excluding carboxylic acids is 2. The minimum atomic E-state index is -0.659. The summed E-state index contributed by atoms with van der Waals surface area (Å²) in [6.07, 6.45) is 5.84. The number of rotatable bonds is 4. The zero-order chi connectivity index (χ0) is 25.1. The highest BCUT2D eigenvalue weighted by atomic mass is 16.2. The van der Waals surface area contributed by atoms with Gasteiger partial charge in [0, 0.05) is 38.4 Å². The molecule has 9 nitrogen and oxygen atoms in total. The number of nitrogen functional groups attached to an aromatic ring is 1. The Morgan fingerprint density at radius 3 is 2.60 bits per heavy atom. The van der Waals surface area contributed by atoms with E-state index in [1.807, 2.05) is 19.2 Å². The minimum absolute atomic E-state index is 0.173. The van der Waals surface area contributed by atoms with Crippen LogP contribution in [0.25, 0.3) is 0 Å². The Morgan fingerprint density at radius 1 is 1.11 bits per heavy atom. The molecule has 0 radical (unpaired) electrons. The van der Waals surface area contributed by atoms with Gasteiger partial charge >= 0.3 is 11.8 Å². The monoisotopic (exact) mass is 479 g/mol. The third-order valence-corrected chi connectivity index (χ3v) is 7.35. The molecular formula is C26H37N7O2. The molecule has 2 saturated heterocycles. The first-order valence-corrected chi connectivity index (χ1v) is 12.5. The van der Waals surface area contributed by atoms with Gasteiger partial charge in [0.15, 0.2) is 0 Å². The van der Waals surface area contributed by atoms with Crippen molar-refractivity contribution in [3.63, 3.8) is 0 Å². The summed E-state index contributed by atoms with van der Waals surface area (Å²) >= 11 is 0. The smallest absolute Gasteiger partial charge is 0.313 e. The van der Waals surface area contributed by atoms with E-state index < -0.39 is 11.8 Å². The van der Waals surface area contributed by atoms with Gasteiger partial charge in [0.2, 0.25) is 0 Å². The lowest BCUT2D eigenvalue weighted by molar-refractivity contribution is -0.146. The van der Waals surface area contributed by atoms with Crippen LogP contribution in [0.4, 0.5) is 17.3 Å². The van der Waals surface area contributed by atoms with Gasteiger partial charge in [-0.25, -0.2) is 9.97 Å². The zero-order valence-corrected chi connectivity index (χ0v) is 21.2. The van der Waals surface area contributed by atoms with Crippen LogP contribution in [0.1, 0.15) is 50.8 Å². The van der Waals surface area contributed by atoms with Crippen molar-refractivity contribution < 1.29 is 9.59 Å². The molecule has 2 aromatic heterocycles. The molecule has 2 aliphatic rings. The van der Waals surface area contributed by atoms with E-state index in [0.29, 0.717) is 36.4 Å². The van der Waals surface area contributed by atoms with Gasteiger partial charge in [0.25, 0.3) is 0 Å². The van der Waals surface area contributed by atoms with Crippen molar-refractivity contribution in [2.45, 2.75) is 52.1 Å². The summed E-state index contributed by atoms with van der Waals surface area (Å²) in [5.41, 5.74) is 8.14. The molecule has 0 bridgehead atoms. The number of piperidine rings is 1. The number of hydrogen-bond donors (Lipinski definition) is 2. The molecule has 3 atom stereocenters. The van der Waals surface area contributed by atoms with E-state index in [4.69, 9.17) is 10.7 Å². The summed E-state index contributed by atoms with van der Waals surface area (Å²) in [6.45, 7) is 9.73. The summed E-state index contributed by atoms with van der Waals surface area (Å²) in [5, 5.41) is 2.71. The molecule has 9 heteroatoms. The fourth-order valence-corrected chi connectivity index (χ4v) is 4.95. The Bertz CT molecular complexity index is 1060. The fourth-order valence-electron chi connectivity index (χ4n) is 4.95. The van der Waals surface area contributed by atoms with Crippen LogP contribution in [0.2, 0.25) is 0 Å². The molecule has 0 aromatic carbocycles. The van der Waals surface area contributed by atoms with E-state index in [1.54, 1.807) is 11.0 Å². The summed E-state index contributed by atoms with van der Waals surface area (Å²) < 4.78 is 0. The SMILES string of the molecule is CCc1cc(NC(=O)C(=O)N2C[C@@H](C)CC[C@@H]2c2ccc(N3CCN(C)[C@H](C)C3)nc2)cnc1N. The van der Waals surface area contributed by atoms with Crippen LogP contribution < -0.4 is 16.0 Å². The lowest BCUT2D eigenvalue weighted by Crippen LogP contribution is -2.50. The number of aryl methyl sites for hydroxylation is 1. The van der Waals surface area contributed by atoms with Gasteiger partial charge < -0.3 is 25.8 Å². The van der Waals surface area contributed by atoms with Gasteiger partial charge in [0.1, 0.15) is 11.6 Å². The number of pyridine rings is 2. The molecule has 0 unspecified atom stereocenters. The van der Waals surface area contributed by atoms with Gasteiger partial charge in [-0.1, -0.05) is 19.9 Å². The number of hydrogen-bond acceptors (Lipinski definition) is 7. The Kier molecular flexibility index (Phi) is 7.54. The van der Waals surface area contributed by atoms with E-state index in [-0.39, 0.29) is 6.04 Å². The predicted octanol–water partition coefficient (Wildman–Crippen LogP) is 2.70. The standard InChI is InChI=1S/C26H37N7O2/c1-5-19-12-21(14-29-24(19)27)30-25(34)26(35)33-15-17(2)6-8-22(33)20-7-9-23(28-13-20)32-11-10-31(4)18(3)16-32/h7,9,12-14,17-18,22H,5-6,8,10-11,15-16H2,1-4H3,(H2,27,29)(H,30,34)/t17-,18+,22+/m0/s1. The second-order valence-electron chi connectivity index (χ2n) is 9.96. The Morgan fingerprint density at radius 2 is 1.91 bits per heavy atom. The van der Waals surface area contributed by atoms with Crippen molar-refractivity contribution in [1.82, 2.24) is 19.8 Å². The molecule has 2 amide bonds. The summed E-state index contributed by atoms with van der Waals surface area (Å²) in [5.74, 6) is 0.522. The van der Waals surface area contributed by atoms with Crippen LogP contribution in [0.3, 0.4) is 0 Å². The molecule has 0 aliphatic carbocycles. The van der Waals surface area contributed by atoms with Crippen molar-refractivity contribution >= 4 is 29.1 Å². The normalized spacial score (nSPS) is 23.3. The summed E-state index contributed by atoms with van der Waals surface area (Å²) in [4.78, 5) is 41.4. The maximum absolute atomic E-state index is 13.3. The summed E-state index contributed by atoms with van der Waals surface area (Å²) in [6, 6.07) is 6.17. The van der Waals surface area contributed by atoms with Crippen LogP contribution >= 0.6 is 0 Å². The van der Waals surface area contributed by atoms with Gasteiger partial charge in [-0.15, -0.1) is 0 Å². The highest BCUT2D eigenvalue weighted by molar-refractivity contribution is 6.39. The first kappa shape index (κ1) is 24.9. The molecule has 0 spiro atoms. The molecule has 4 heterocycles. The average molecular weight is 480 g/mol. The van der Waals surface area contributed by atoms with E-state index in [9.17, 15) is 9.59 Å². The highest BCUT2D eigenvalue weighted by Gasteiger charge is 2.34. The number of anilines is 3. The van der Waals surface area contributed by atoms with Crippen molar-refractivity contribution in [3.05, 3.63) is 41.7 Å². The van der Waals surface area contributed by atoms with E-state index in [0.717, 1.165) is 49.4 Å². The number of nitrogens with two attached hydrogens (primary N) is 1. The minimum Gasteiger partial charge on any atom is -0.383 e. The maximum atomic E-state index is 13.3. The number of carbonyl (C=O) groups is 2. The van der Waals surface area contributed by atoms with Crippen molar-refractivity contribution in [1.29, 1.82) is 0 Å². The topological polar surface area (TPSA) is 108 Å². The molecule has 188 valence electrons. The van der Waals surface area contributed by atoms with Gasteiger partial charge in [-0.2, -0.15) is 0 Å². The number of likely N-dealkylation sites (N-methyl/N-ethyl adjacent to an activating group) is 1. The third kappa shape index (κ3) is 5.56. The quantitative estimate of drug-likeness (QED) is 0.649. The van der Waals surface area contributed by atoms with Crippen molar-refractivity contribution in [2.24, 2.45) is 5.92 Å².